The van der Waals surface area contributed by atoms with Gasteiger partial charge in [0.1, 0.15) is 11.2 Å². The fourth-order valence-corrected chi connectivity index (χ4v) is 11.4. The molecule has 10 aromatic carbocycles. The van der Waals surface area contributed by atoms with E-state index in [0.717, 1.165) is 66.8 Å². The molecule has 11 aromatic rings. The summed E-state index contributed by atoms with van der Waals surface area (Å²) >= 11 is 0. The van der Waals surface area contributed by atoms with E-state index in [1.54, 1.807) is 0 Å². The highest BCUT2D eigenvalue weighted by atomic mass is 16.3. The number of nitrogens with zero attached hydrogens (tertiary/aromatic N) is 2. The molecule has 0 amide bonds. The molecule has 0 unspecified atom stereocenters. The second-order valence-electron chi connectivity index (χ2n) is 18.9. The van der Waals surface area contributed by atoms with E-state index in [1.807, 2.05) is 0 Å². The summed E-state index contributed by atoms with van der Waals surface area (Å²) in [5.74, 6) is 0. The van der Waals surface area contributed by atoms with Crippen molar-refractivity contribution in [1.29, 1.82) is 0 Å². The molecule has 2 aliphatic carbocycles. The minimum absolute atomic E-state index is 0.112. The maximum Gasteiger partial charge on any atom is 0.143 e. The zero-order valence-electron chi connectivity index (χ0n) is 36.9. The van der Waals surface area contributed by atoms with E-state index in [4.69, 9.17) is 4.42 Å². The van der Waals surface area contributed by atoms with E-state index in [9.17, 15) is 0 Å². The number of hydrogen-bond acceptors (Lipinski definition) is 3. The van der Waals surface area contributed by atoms with Crippen LogP contribution in [-0.4, -0.2) is 0 Å². The van der Waals surface area contributed by atoms with Gasteiger partial charge in [-0.1, -0.05) is 149 Å². The summed E-state index contributed by atoms with van der Waals surface area (Å²) in [4.78, 5) is 4.77. The normalized spacial score (nSPS) is 14.1. The Morgan fingerprint density at radius 3 is 1.31 bits per heavy atom. The first-order chi connectivity index (χ1) is 31.8. The van der Waals surface area contributed by atoms with Crippen molar-refractivity contribution in [2.24, 2.45) is 0 Å². The lowest BCUT2D eigenvalue weighted by atomic mass is 9.82. The number of fused-ring (bicyclic) bond motifs is 14. The average Bonchev–Trinajstić information content (AvgIpc) is 3.92. The number of para-hydroxylation sites is 2. The summed E-state index contributed by atoms with van der Waals surface area (Å²) < 4.78 is 7.12. The monoisotopic (exact) mass is 834 g/mol. The molecule has 0 saturated carbocycles. The topological polar surface area (TPSA) is 19.6 Å². The van der Waals surface area contributed by atoms with Gasteiger partial charge in [-0.2, -0.15) is 0 Å². The Labute approximate surface area is 379 Å². The lowest BCUT2D eigenvalue weighted by Gasteiger charge is -2.28. The molecule has 0 radical (unpaired) electrons. The number of rotatable bonds is 6. The van der Waals surface area contributed by atoms with E-state index in [0.29, 0.717) is 0 Å². The van der Waals surface area contributed by atoms with Gasteiger partial charge in [-0.25, -0.2) is 0 Å². The van der Waals surface area contributed by atoms with Crippen LogP contribution in [0.5, 0.6) is 0 Å². The molecule has 65 heavy (non-hydrogen) atoms. The van der Waals surface area contributed by atoms with Crippen molar-refractivity contribution in [3.63, 3.8) is 0 Å². The first-order valence-corrected chi connectivity index (χ1v) is 22.8. The van der Waals surface area contributed by atoms with Gasteiger partial charge in [0.25, 0.3) is 0 Å². The molecule has 0 fully saturated rings. The minimum atomic E-state index is -0.113. The van der Waals surface area contributed by atoms with Crippen molar-refractivity contribution >= 4 is 77.6 Å². The zero-order valence-corrected chi connectivity index (χ0v) is 36.9. The standard InChI is InChI=1S/C62H46N2O/c1-61(2)54-25-15-13-22-46(54)48-31-27-42(36-56(48)61)63(39-17-7-5-8-18-39)41-29-33-51-53(35-41)45-21-11-12-24-50(45)59-52-34-30-44(38-58(52)65-60(51)59)64(40-19-9-6-10-20-40)43-28-32-49-47-23-14-16-26-55(47)62(3,4)57(49)37-43/h5-38H,1-4H3. The second kappa shape index (κ2) is 13.8. The minimum Gasteiger partial charge on any atom is -0.455 e. The predicted octanol–water partition coefficient (Wildman–Crippen LogP) is 17.4. The summed E-state index contributed by atoms with van der Waals surface area (Å²) in [7, 11) is 0. The highest BCUT2D eigenvalue weighted by Crippen LogP contribution is 2.53. The van der Waals surface area contributed by atoms with Crippen LogP contribution in [0.4, 0.5) is 34.1 Å². The molecule has 0 atom stereocenters. The van der Waals surface area contributed by atoms with Crippen LogP contribution in [0.25, 0.3) is 65.7 Å². The average molecular weight is 835 g/mol. The molecule has 1 heterocycles. The summed E-state index contributed by atoms with van der Waals surface area (Å²) in [6, 6.07) is 75.6. The Balaban J connectivity index is 0.974. The van der Waals surface area contributed by atoms with E-state index in [2.05, 4.69) is 244 Å². The third-order valence-corrected chi connectivity index (χ3v) is 14.6. The second-order valence-corrected chi connectivity index (χ2v) is 18.9. The molecular weight excluding hydrogens is 789 g/mol. The first kappa shape index (κ1) is 37.7. The number of benzene rings is 10. The van der Waals surface area contributed by atoms with Crippen LogP contribution >= 0.6 is 0 Å². The van der Waals surface area contributed by atoms with Crippen LogP contribution in [0.3, 0.4) is 0 Å². The van der Waals surface area contributed by atoms with Crippen molar-refractivity contribution in [3.05, 3.63) is 229 Å². The van der Waals surface area contributed by atoms with Crippen LogP contribution in [0.15, 0.2) is 211 Å². The molecule has 2 aliphatic rings. The van der Waals surface area contributed by atoms with Gasteiger partial charge in [-0.3, -0.25) is 0 Å². The Kier molecular flexibility index (Phi) is 8.00. The molecule has 0 saturated heterocycles. The van der Waals surface area contributed by atoms with E-state index >= 15 is 0 Å². The summed E-state index contributed by atoms with van der Waals surface area (Å²) in [5.41, 5.74) is 18.9. The summed E-state index contributed by atoms with van der Waals surface area (Å²) in [6.45, 7) is 9.39. The van der Waals surface area contributed by atoms with Crippen LogP contribution < -0.4 is 9.80 Å². The Hall–Kier alpha value is -7.88. The Morgan fingerprint density at radius 1 is 0.308 bits per heavy atom. The third kappa shape index (κ3) is 5.48. The van der Waals surface area contributed by atoms with E-state index in [-0.39, 0.29) is 10.8 Å². The highest BCUT2D eigenvalue weighted by Gasteiger charge is 2.37. The van der Waals surface area contributed by atoms with Gasteiger partial charge in [0, 0.05) is 67.2 Å². The van der Waals surface area contributed by atoms with Crippen LogP contribution in [0, 0.1) is 0 Å². The maximum absolute atomic E-state index is 7.12. The largest absolute Gasteiger partial charge is 0.455 e. The quantitative estimate of drug-likeness (QED) is 0.156. The third-order valence-electron chi connectivity index (χ3n) is 14.6. The van der Waals surface area contributed by atoms with Crippen molar-refractivity contribution in [1.82, 2.24) is 0 Å². The smallest absolute Gasteiger partial charge is 0.143 e. The van der Waals surface area contributed by atoms with Gasteiger partial charge < -0.3 is 14.2 Å². The van der Waals surface area contributed by atoms with Crippen molar-refractivity contribution < 1.29 is 4.42 Å². The van der Waals surface area contributed by atoms with Crippen molar-refractivity contribution in [2.75, 3.05) is 9.80 Å². The van der Waals surface area contributed by atoms with Gasteiger partial charge in [0.2, 0.25) is 0 Å². The first-order valence-electron chi connectivity index (χ1n) is 22.8. The lowest BCUT2D eigenvalue weighted by molar-refractivity contribution is 0.660. The number of anilines is 6. The van der Waals surface area contributed by atoms with Crippen LogP contribution in [0.2, 0.25) is 0 Å². The molecule has 0 bridgehead atoms. The Bertz CT molecular complexity index is 3730. The molecule has 3 heteroatoms. The van der Waals surface area contributed by atoms with Gasteiger partial charge in [0.15, 0.2) is 0 Å². The zero-order chi connectivity index (χ0) is 43.6. The van der Waals surface area contributed by atoms with Crippen molar-refractivity contribution in [2.45, 2.75) is 38.5 Å². The molecule has 1 aromatic heterocycles. The van der Waals surface area contributed by atoms with Gasteiger partial charge in [0.05, 0.1) is 0 Å². The Morgan fingerprint density at radius 2 is 0.738 bits per heavy atom. The number of furan rings is 1. The fraction of sp³-hybridized carbons (Fsp3) is 0.0968. The maximum atomic E-state index is 7.12. The van der Waals surface area contributed by atoms with Gasteiger partial charge >= 0.3 is 0 Å². The SMILES string of the molecule is CC1(C)c2ccccc2-c2ccc(N(c3ccccc3)c3ccc4c(c3)oc3c5ccc(N(c6ccccc6)c6ccc7c(c6)C(C)(C)c6ccccc6-7)cc5c5ccccc5c43)cc21. The molecular formula is C62H46N2O. The van der Waals surface area contributed by atoms with Crippen LogP contribution in [-0.2, 0) is 10.8 Å². The molecule has 13 rings (SSSR count). The van der Waals surface area contributed by atoms with E-state index in [1.165, 1.54) is 55.3 Å². The summed E-state index contributed by atoms with van der Waals surface area (Å²) in [5, 5.41) is 6.90. The summed E-state index contributed by atoms with van der Waals surface area (Å²) in [6.07, 6.45) is 0. The molecule has 0 aliphatic heterocycles. The van der Waals surface area contributed by atoms with Crippen molar-refractivity contribution in [3.8, 4) is 22.3 Å². The molecule has 0 spiro atoms. The predicted molar refractivity (Wildman–Crippen MR) is 273 cm³/mol. The number of hydrogen-bond donors (Lipinski definition) is 0. The van der Waals surface area contributed by atoms with E-state index < -0.39 is 0 Å². The van der Waals surface area contributed by atoms with Crippen LogP contribution in [0.1, 0.15) is 49.9 Å². The molecule has 3 nitrogen and oxygen atoms in total. The lowest BCUT2D eigenvalue weighted by Crippen LogP contribution is -2.16. The highest BCUT2D eigenvalue weighted by molar-refractivity contribution is 6.30. The van der Waals surface area contributed by atoms with Gasteiger partial charge in [-0.15, -0.1) is 0 Å². The molecule has 310 valence electrons. The molecule has 0 N–H and O–H groups in total. The fourth-order valence-electron chi connectivity index (χ4n) is 11.4. The van der Waals surface area contributed by atoms with Gasteiger partial charge in [-0.05, 0) is 140 Å².